The van der Waals surface area contributed by atoms with E-state index in [0.29, 0.717) is 14.0 Å². The fourth-order valence-electron chi connectivity index (χ4n) is 3.11. The summed E-state index contributed by atoms with van der Waals surface area (Å²) in [6, 6.07) is 27.7. The lowest BCUT2D eigenvalue weighted by molar-refractivity contribution is -0.0496. The van der Waals surface area contributed by atoms with Gasteiger partial charge < -0.3 is 0 Å². The zero-order valence-electron chi connectivity index (χ0n) is 17.7. The minimum absolute atomic E-state index is 0.350. The number of rotatable bonds is 7. The molecule has 0 aliphatic heterocycles. The van der Waals surface area contributed by atoms with Gasteiger partial charge in [-0.05, 0) is 65.8 Å². The van der Waals surface area contributed by atoms with Crippen LogP contribution in [0.25, 0.3) is 0 Å². The van der Waals surface area contributed by atoms with Gasteiger partial charge in [-0.1, -0.05) is 65.9 Å². The molecule has 0 saturated carbocycles. The van der Waals surface area contributed by atoms with E-state index in [-0.39, 0.29) is 0 Å². The van der Waals surface area contributed by atoms with Gasteiger partial charge in [-0.25, -0.2) is 0 Å². The zero-order valence-corrected chi connectivity index (χ0v) is 21.0. The summed E-state index contributed by atoms with van der Waals surface area (Å²) < 4.78 is 71.8. The summed E-state index contributed by atoms with van der Waals surface area (Å²) in [7, 11) is -9.17. The van der Waals surface area contributed by atoms with Crippen molar-refractivity contribution < 1.29 is 25.2 Å². The van der Waals surface area contributed by atoms with E-state index in [2.05, 4.69) is 0 Å². The smallest absolute Gasteiger partial charge is 0.199 e. The normalized spacial score (nSPS) is 13.1. The second kappa shape index (κ2) is 9.79. The van der Waals surface area contributed by atoms with Gasteiger partial charge >= 0.3 is 15.6 Å². The van der Waals surface area contributed by atoms with Crippen LogP contribution in [0.3, 0.4) is 0 Å². The standard InChI is InChI=1S/C24H19F3O3S4/c1-18-12-14-19(15-13-18)31-22-16-17-23(32-22)33(20-8-4-2-5-9-20,21-10-6-3-7-11-21)30-34(28,29)24(25,26)27/h2-17H,1H3. The van der Waals surface area contributed by atoms with Crippen LogP contribution in [-0.2, 0) is 13.7 Å². The Kier molecular flexibility index (Phi) is 7.16. The topological polar surface area (TPSA) is 43.4 Å². The molecular weight excluding hydrogens is 522 g/mol. The van der Waals surface area contributed by atoms with Crippen LogP contribution >= 0.6 is 33.4 Å². The van der Waals surface area contributed by atoms with Gasteiger partial charge in [0.15, 0.2) is 0 Å². The van der Waals surface area contributed by atoms with E-state index >= 15 is 0 Å². The van der Waals surface area contributed by atoms with Gasteiger partial charge in [-0.15, -0.1) is 11.3 Å². The highest BCUT2D eigenvalue weighted by Gasteiger charge is 2.52. The second-order valence-electron chi connectivity index (χ2n) is 7.14. The molecule has 4 rings (SSSR count). The van der Waals surface area contributed by atoms with Crippen molar-refractivity contribution in [2.24, 2.45) is 0 Å². The van der Waals surface area contributed by atoms with E-state index < -0.39 is 25.9 Å². The van der Waals surface area contributed by atoms with Crippen LogP contribution < -0.4 is 0 Å². The highest BCUT2D eigenvalue weighted by molar-refractivity contribution is 8.34. The second-order valence-corrected chi connectivity index (χ2v) is 14.3. The molecule has 1 heterocycles. The molecule has 10 heteroatoms. The van der Waals surface area contributed by atoms with Crippen molar-refractivity contribution in [2.45, 2.75) is 35.5 Å². The van der Waals surface area contributed by atoms with Gasteiger partial charge in [0.2, 0.25) is 0 Å². The number of benzene rings is 3. The molecule has 34 heavy (non-hydrogen) atoms. The third kappa shape index (κ3) is 5.06. The lowest BCUT2D eigenvalue weighted by atomic mass is 10.2. The number of alkyl halides is 3. The first-order valence-electron chi connectivity index (χ1n) is 9.92. The molecule has 0 radical (unpaired) electrons. The number of hydrogen-bond donors (Lipinski definition) is 0. The molecule has 3 nitrogen and oxygen atoms in total. The van der Waals surface area contributed by atoms with Crippen LogP contribution in [0.15, 0.2) is 120 Å². The molecule has 0 spiro atoms. The van der Waals surface area contributed by atoms with Crippen molar-refractivity contribution in [3.05, 3.63) is 103 Å². The summed E-state index contributed by atoms with van der Waals surface area (Å²) >= 11 is 2.67. The molecule has 0 unspecified atom stereocenters. The average Bonchev–Trinajstić information content (AvgIpc) is 3.28. The summed E-state index contributed by atoms with van der Waals surface area (Å²) in [4.78, 5) is 1.66. The van der Waals surface area contributed by atoms with E-state index in [1.54, 1.807) is 72.8 Å². The summed E-state index contributed by atoms with van der Waals surface area (Å²) in [5.41, 5.74) is -4.45. The molecular formula is C24H19F3O3S4. The van der Waals surface area contributed by atoms with Gasteiger partial charge in [-0.2, -0.15) is 25.2 Å². The maximum absolute atomic E-state index is 13.5. The Morgan fingerprint density at radius 3 is 1.79 bits per heavy atom. The van der Waals surface area contributed by atoms with Crippen molar-refractivity contribution in [1.29, 1.82) is 0 Å². The lowest BCUT2D eigenvalue weighted by Crippen LogP contribution is -2.27. The Morgan fingerprint density at radius 1 is 0.765 bits per heavy atom. The minimum atomic E-state index is -5.92. The van der Waals surface area contributed by atoms with Crippen LogP contribution in [0, 0.1) is 6.92 Å². The molecule has 0 aliphatic carbocycles. The molecule has 0 bridgehead atoms. The maximum atomic E-state index is 13.5. The first-order chi connectivity index (χ1) is 16.1. The fourth-order valence-corrected chi connectivity index (χ4v) is 11.0. The Balaban J connectivity index is 1.90. The zero-order chi connectivity index (χ0) is 24.4. The fraction of sp³-hybridized carbons (Fsp3) is 0.0833. The van der Waals surface area contributed by atoms with Crippen LogP contribution in [0.5, 0.6) is 0 Å². The first-order valence-corrected chi connectivity index (χ1v) is 14.5. The highest BCUT2D eigenvalue weighted by Crippen LogP contribution is 2.72. The van der Waals surface area contributed by atoms with Crippen molar-refractivity contribution in [2.75, 3.05) is 0 Å². The first kappa shape index (κ1) is 24.9. The van der Waals surface area contributed by atoms with E-state index in [9.17, 15) is 21.6 Å². The third-order valence-electron chi connectivity index (χ3n) is 4.70. The van der Waals surface area contributed by atoms with Crippen molar-refractivity contribution >= 4 is 43.5 Å². The van der Waals surface area contributed by atoms with Crippen LogP contribution in [0.4, 0.5) is 13.2 Å². The van der Waals surface area contributed by atoms with Crippen LogP contribution in [0.2, 0.25) is 0 Å². The largest absolute Gasteiger partial charge is 0.524 e. The Hall–Kier alpha value is -2.24. The molecule has 0 amide bonds. The summed E-state index contributed by atoms with van der Waals surface area (Å²) in [6.07, 6.45) is 0. The summed E-state index contributed by atoms with van der Waals surface area (Å²) in [6.45, 7) is 1.98. The number of thiophene rings is 1. The molecule has 1 aromatic heterocycles. The van der Waals surface area contributed by atoms with Gasteiger partial charge in [-0.3, -0.25) is 0 Å². The average molecular weight is 541 g/mol. The molecule has 0 N–H and O–H groups in total. The van der Waals surface area contributed by atoms with E-state index in [4.69, 9.17) is 3.63 Å². The Morgan fingerprint density at radius 2 is 1.29 bits per heavy atom. The van der Waals surface area contributed by atoms with Gasteiger partial charge in [0.25, 0.3) is 0 Å². The van der Waals surface area contributed by atoms with Crippen molar-refractivity contribution in [3.63, 3.8) is 0 Å². The minimum Gasteiger partial charge on any atom is -0.199 e. The molecule has 0 fully saturated rings. The monoisotopic (exact) mass is 540 g/mol. The number of halogens is 3. The van der Waals surface area contributed by atoms with E-state index in [1.165, 1.54) is 23.1 Å². The van der Waals surface area contributed by atoms with Gasteiger partial charge in [0.1, 0.15) is 0 Å². The van der Waals surface area contributed by atoms with Crippen molar-refractivity contribution in [1.82, 2.24) is 0 Å². The van der Waals surface area contributed by atoms with E-state index in [0.717, 1.165) is 14.7 Å². The molecule has 0 atom stereocenters. The third-order valence-corrected chi connectivity index (χ3v) is 12.4. The van der Waals surface area contributed by atoms with Gasteiger partial charge in [0.05, 0.1) is 8.42 Å². The van der Waals surface area contributed by atoms with E-state index in [1.807, 2.05) is 31.2 Å². The van der Waals surface area contributed by atoms with Crippen molar-refractivity contribution in [3.8, 4) is 0 Å². The molecule has 0 saturated heterocycles. The molecule has 3 aromatic carbocycles. The lowest BCUT2D eigenvalue weighted by Gasteiger charge is -2.38. The quantitative estimate of drug-likeness (QED) is 0.221. The Labute approximate surface area is 206 Å². The predicted molar refractivity (Wildman–Crippen MR) is 131 cm³/mol. The predicted octanol–water partition coefficient (Wildman–Crippen LogP) is 8.27. The number of aryl methyl sites for hydroxylation is 1. The Bertz CT molecular complexity index is 1310. The van der Waals surface area contributed by atoms with Crippen LogP contribution in [-0.4, -0.2) is 13.9 Å². The summed E-state index contributed by atoms with van der Waals surface area (Å²) in [5.74, 6) is 0. The van der Waals surface area contributed by atoms with Crippen LogP contribution in [0.1, 0.15) is 5.56 Å². The SMILES string of the molecule is Cc1ccc(Sc2ccc(S(OS(=O)(=O)C(F)(F)F)(c3ccccc3)c3ccccc3)s2)cc1. The molecule has 0 aliphatic rings. The van der Waals surface area contributed by atoms with Gasteiger partial charge in [0, 0.05) is 14.7 Å². The highest BCUT2D eigenvalue weighted by atomic mass is 32.3. The maximum Gasteiger partial charge on any atom is 0.524 e. The number of hydrogen-bond acceptors (Lipinski definition) is 5. The molecule has 4 aromatic rings. The molecule has 178 valence electrons. The summed E-state index contributed by atoms with van der Waals surface area (Å²) in [5, 5.41) is 0.